The van der Waals surface area contributed by atoms with Crippen LogP contribution in [0.5, 0.6) is 0 Å². The number of hydrogen-bond acceptors (Lipinski definition) is 5. The molecule has 8 heteroatoms. The predicted octanol–water partition coefficient (Wildman–Crippen LogP) is 3.71. The predicted molar refractivity (Wildman–Crippen MR) is 118 cm³/mol. The SMILES string of the molecule is CC[C@H](C)NC(=O)CSC1=N/C(=C\c2ccc(Cl)cc2)C(=O)N1C[C@@H]1CCCO1. The van der Waals surface area contributed by atoms with Gasteiger partial charge in [-0.05, 0) is 50.0 Å². The maximum Gasteiger partial charge on any atom is 0.278 e. The van der Waals surface area contributed by atoms with E-state index in [0.29, 0.717) is 22.4 Å². The Kier molecular flexibility index (Phi) is 7.75. The van der Waals surface area contributed by atoms with Crippen molar-refractivity contribution in [3.05, 3.63) is 40.5 Å². The molecule has 6 nitrogen and oxygen atoms in total. The number of nitrogens with zero attached hydrogens (tertiary/aromatic N) is 2. The molecular formula is C21H26ClN3O3S. The summed E-state index contributed by atoms with van der Waals surface area (Å²) in [4.78, 5) is 31.3. The van der Waals surface area contributed by atoms with E-state index in [2.05, 4.69) is 10.3 Å². The van der Waals surface area contributed by atoms with Crippen LogP contribution in [-0.4, -0.2) is 52.9 Å². The first-order chi connectivity index (χ1) is 14.0. The molecule has 2 aliphatic rings. The minimum Gasteiger partial charge on any atom is -0.376 e. The number of hydrogen-bond donors (Lipinski definition) is 1. The molecule has 1 aromatic carbocycles. The van der Waals surface area contributed by atoms with E-state index in [-0.39, 0.29) is 29.7 Å². The normalized spacial score (nSPS) is 21.6. The van der Waals surface area contributed by atoms with Crippen LogP contribution in [0.2, 0.25) is 5.02 Å². The number of carbonyl (C=O) groups excluding carboxylic acids is 2. The van der Waals surface area contributed by atoms with Crippen molar-refractivity contribution in [2.45, 2.75) is 45.3 Å². The molecule has 0 aliphatic carbocycles. The van der Waals surface area contributed by atoms with Gasteiger partial charge >= 0.3 is 0 Å². The topological polar surface area (TPSA) is 71.0 Å². The number of nitrogens with one attached hydrogen (secondary N) is 1. The lowest BCUT2D eigenvalue weighted by molar-refractivity contribution is -0.123. The Morgan fingerprint density at radius 1 is 1.45 bits per heavy atom. The van der Waals surface area contributed by atoms with Crippen molar-refractivity contribution in [2.24, 2.45) is 4.99 Å². The maximum absolute atomic E-state index is 13.0. The smallest absolute Gasteiger partial charge is 0.278 e. The number of rotatable bonds is 7. The van der Waals surface area contributed by atoms with Gasteiger partial charge in [-0.25, -0.2) is 4.99 Å². The average molecular weight is 436 g/mol. The Hall–Kier alpha value is -1.83. The molecule has 0 radical (unpaired) electrons. The van der Waals surface area contributed by atoms with Gasteiger partial charge in [0, 0.05) is 17.7 Å². The van der Waals surface area contributed by atoms with E-state index in [1.165, 1.54) is 11.8 Å². The van der Waals surface area contributed by atoms with Crippen molar-refractivity contribution in [3.63, 3.8) is 0 Å². The summed E-state index contributed by atoms with van der Waals surface area (Å²) in [6.45, 7) is 5.16. The van der Waals surface area contributed by atoms with Gasteiger partial charge in [-0.3, -0.25) is 14.5 Å². The average Bonchev–Trinajstić information content (AvgIpc) is 3.32. The van der Waals surface area contributed by atoms with Crippen LogP contribution < -0.4 is 5.32 Å². The van der Waals surface area contributed by atoms with Gasteiger partial charge in [-0.15, -0.1) is 0 Å². The van der Waals surface area contributed by atoms with E-state index in [4.69, 9.17) is 16.3 Å². The number of benzene rings is 1. The lowest BCUT2D eigenvalue weighted by atomic mass is 10.2. The third kappa shape index (κ3) is 6.07. The zero-order valence-electron chi connectivity index (χ0n) is 16.7. The van der Waals surface area contributed by atoms with Gasteiger partial charge < -0.3 is 10.1 Å². The van der Waals surface area contributed by atoms with E-state index in [1.807, 2.05) is 26.0 Å². The van der Waals surface area contributed by atoms with Crippen molar-refractivity contribution in [2.75, 3.05) is 18.9 Å². The summed E-state index contributed by atoms with van der Waals surface area (Å²) in [5.74, 6) is -0.0147. The standard InChI is InChI=1S/C21H26ClN3O3S/c1-3-14(2)23-19(26)13-29-21-24-18(11-15-6-8-16(22)9-7-15)20(27)25(21)12-17-5-4-10-28-17/h6-9,11,14,17H,3-5,10,12-13H2,1-2H3,(H,23,26)/b18-11-/t14-,17-/m0/s1. The minimum absolute atomic E-state index is 0.00794. The van der Waals surface area contributed by atoms with Crippen molar-refractivity contribution in [1.82, 2.24) is 10.2 Å². The number of thioether (sulfide) groups is 1. The second-order valence-electron chi connectivity index (χ2n) is 7.19. The fourth-order valence-corrected chi connectivity index (χ4v) is 4.00. The fourth-order valence-electron chi connectivity index (χ4n) is 3.06. The Morgan fingerprint density at radius 2 is 2.21 bits per heavy atom. The zero-order chi connectivity index (χ0) is 20.8. The zero-order valence-corrected chi connectivity index (χ0v) is 18.3. The van der Waals surface area contributed by atoms with Gasteiger partial charge in [0.25, 0.3) is 5.91 Å². The maximum atomic E-state index is 13.0. The lowest BCUT2D eigenvalue weighted by Gasteiger charge is -2.21. The van der Waals surface area contributed by atoms with Crippen LogP contribution in [0.15, 0.2) is 35.0 Å². The van der Waals surface area contributed by atoms with Crippen molar-refractivity contribution < 1.29 is 14.3 Å². The molecule has 2 aliphatic heterocycles. The minimum atomic E-state index is -0.166. The van der Waals surface area contributed by atoms with Gasteiger partial charge in [0.1, 0.15) is 5.70 Å². The molecule has 0 spiro atoms. The monoisotopic (exact) mass is 435 g/mol. The van der Waals surface area contributed by atoms with Gasteiger partial charge in [-0.1, -0.05) is 42.4 Å². The highest BCUT2D eigenvalue weighted by atomic mass is 35.5. The van der Waals surface area contributed by atoms with Crippen LogP contribution in [0.25, 0.3) is 6.08 Å². The van der Waals surface area contributed by atoms with E-state index in [9.17, 15) is 9.59 Å². The van der Waals surface area contributed by atoms with E-state index >= 15 is 0 Å². The summed E-state index contributed by atoms with van der Waals surface area (Å²) in [6, 6.07) is 7.35. The summed E-state index contributed by atoms with van der Waals surface area (Å²) >= 11 is 7.22. The molecule has 29 heavy (non-hydrogen) atoms. The summed E-state index contributed by atoms with van der Waals surface area (Å²) < 4.78 is 5.70. The summed E-state index contributed by atoms with van der Waals surface area (Å²) in [5, 5.41) is 4.12. The molecule has 1 aromatic rings. The quantitative estimate of drug-likeness (QED) is 0.663. The molecular weight excluding hydrogens is 410 g/mol. The van der Waals surface area contributed by atoms with Crippen LogP contribution in [-0.2, 0) is 14.3 Å². The second-order valence-corrected chi connectivity index (χ2v) is 8.57. The van der Waals surface area contributed by atoms with E-state index in [1.54, 1.807) is 23.1 Å². The van der Waals surface area contributed by atoms with Gasteiger partial charge in [0.05, 0.1) is 18.4 Å². The third-order valence-electron chi connectivity index (χ3n) is 4.85. The highest BCUT2D eigenvalue weighted by Crippen LogP contribution is 2.26. The molecule has 2 atom stereocenters. The molecule has 0 aromatic heterocycles. The molecule has 3 rings (SSSR count). The Morgan fingerprint density at radius 3 is 2.86 bits per heavy atom. The van der Waals surface area contributed by atoms with Gasteiger partial charge in [-0.2, -0.15) is 0 Å². The van der Waals surface area contributed by atoms with Gasteiger partial charge in [0.15, 0.2) is 5.17 Å². The first-order valence-electron chi connectivity index (χ1n) is 9.88. The molecule has 0 saturated carbocycles. The third-order valence-corrected chi connectivity index (χ3v) is 6.08. The first kappa shape index (κ1) is 21.9. The largest absolute Gasteiger partial charge is 0.376 e. The van der Waals surface area contributed by atoms with Crippen LogP contribution >= 0.6 is 23.4 Å². The highest BCUT2D eigenvalue weighted by molar-refractivity contribution is 8.14. The molecule has 156 valence electrons. The molecule has 0 bridgehead atoms. The van der Waals surface area contributed by atoms with Crippen molar-refractivity contribution in [1.29, 1.82) is 0 Å². The van der Waals surface area contributed by atoms with Crippen molar-refractivity contribution in [3.8, 4) is 0 Å². The number of halogens is 1. The molecule has 1 fully saturated rings. The molecule has 2 heterocycles. The number of ether oxygens (including phenoxy) is 1. The molecule has 0 unspecified atom stereocenters. The Balaban J connectivity index is 1.74. The number of aliphatic imine (C=N–C) groups is 1. The summed E-state index contributed by atoms with van der Waals surface area (Å²) in [7, 11) is 0. The number of carbonyl (C=O) groups is 2. The molecule has 2 amide bonds. The molecule has 1 N–H and O–H groups in total. The highest BCUT2D eigenvalue weighted by Gasteiger charge is 2.33. The van der Waals surface area contributed by atoms with E-state index in [0.717, 1.165) is 31.4 Å². The van der Waals surface area contributed by atoms with E-state index < -0.39 is 0 Å². The Bertz CT molecular complexity index is 804. The molecule has 1 saturated heterocycles. The van der Waals surface area contributed by atoms with Crippen LogP contribution in [0.3, 0.4) is 0 Å². The summed E-state index contributed by atoms with van der Waals surface area (Å²) in [5.41, 5.74) is 1.20. The van der Waals surface area contributed by atoms with Crippen LogP contribution in [0.1, 0.15) is 38.7 Å². The van der Waals surface area contributed by atoms with Crippen molar-refractivity contribution >= 4 is 46.4 Å². The fraction of sp³-hybridized carbons (Fsp3) is 0.476. The number of amidine groups is 1. The van der Waals surface area contributed by atoms with Crippen LogP contribution in [0.4, 0.5) is 0 Å². The lowest BCUT2D eigenvalue weighted by Crippen LogP contribution is -2.38. The first-order valence-corrected chi connectivity index (χ1v) is 11.2. The Labute approximate surface area is 180 Å². The van der Waals surface area contributed by atoms with Crippen LogP contribution in [0, 0.1) is 0 Å². The number of amides is 2. The summed E-state index contributed by atoms with van der Waals surface area (Å²) in [6.07, 6.45) is 4.54. The van der Waals surface area contributed by atoms with Gasteiger partial charge in [0.2, 0.25) is 5.91 Å². The second kappa shape index (κ2) is 10.3.